The van der Waals surface area contributed by atoms with Gasteiger partial charge in [-0.1, -0.05) is 35.0 Å². The second-order valence-corrected chi connectivity index (χ2v) is 9.79. The summed E-state index contributed by atoms with van der Waals surface area (Å²) >= 11 is 6.56. The van der Waals surface area contributed by atoms with Gasteiger partial charge in [-0.3, -0.25) is 14.2 Å². The highest BCUT2D eigenvalue weighted by atomic mass is 35.5. The molecule has 0 saturated heterocycles. The van der Waals surface area contributed by atoms with Crippen LogP contribution in [0.15, 0.2) is 63.9 Å². The maximum atomic E-state index is 13.8. The van der Waals surface area contributed by atoms with Gasteiger partial charge in [0.25, 0.3) is 5.56 Å². The van der Waals surface area contributed by atoms with Crippen LogP contribution in [0.4, 0.5) is 5.69 Å². The van der Waals surface area contributed by atoms with E-state index in [1.54, 1.807) is 16.7 Å². The molecule has 0 aliphatic carbocycles. The molecule has 1 amide bonds. The van der Waals surface area contributed by atoms with Crippen molar-refractivity contribution < 1.29 is 13.8 Å². The van der Waals surface area contributed by atoms with Gasteiger partial charge < -0.3 is 14.4 Å². The largest absolute Gasteiger partial charge is 0.358 e. The normalized spacial score (nSPS) is 11.4. The van der Waals surface area contributed by atoms with Crippen LogP contribution in [-0.2, 0) is 22.3 Å². The van der Waals surface area contributed by atoms with Crippen LogP contribution < -0.4 is 10.9 Å². The van der Waals surface area contributed by atoms with Gasteiger partial charge in [-0.15, -0.1) is 0 Å². The first-order valence-corrected chi connectivity index (χ1v) is 12.5. The molecule has 0 aliphatic rings. The maximum absolute atomic E-state index is 13.8. The molecule has 1 unspecified atom stereocenters. The molecule has 0 aliphatic heterocycles. The third kappa shape index (κ3) is 4.66. The molecule has 3 aromatic carbocycles. The summed E-state index contributed by atoms with van der Waals surface area (Å²) in [5, 5.41) is 8.46. The highest BCUT2D eigenvalue weighted by molar-refractivity contribution is 7.09. The number of nitrogens with one attached hydrogen (secondary N) is 1. The van der Waals surface area contributed by atoms with E-state index in [1.807, 2.05) is 56.3 Å². The van der Waals surface area contributed by atoms with Crippen LogP contribution in [0.3, 0.4) is 0 Å². The monoisotopic (exact) mass is 533 g/mol. The van der Waals surface area contributed by atoms with E-state index in [-0.39, 0.29) is 24.5 Å². The summed E-state index contributed by atoms with van der Waals surface area (Å²) in [6.07, 6.45) is 0.148. The number of aromatic nitrogens is 2. The number of aryl methyl sites for hydroxylation is 2. The number of carbonyl (C=O) groups is 1. The minimum atomic E-state index is -0.310. The molecule has 0 bridgehead atoms. The number of halogens is 1. The number of anilines is 1. The van der Waals surface area contributed by atoms with E-state index >= 15 is 0 Å². The van der Waals surface area contributed by atoms with Crippen molar-refractivity contribution in [2.75, 3.05) is 5.32 Å². The summed E-state index contributed by atoms with van der Waals surface area (Å²) in [6.45, 7) is 6.18. The lowest BCUT2D eigenvalue weighted by Gasteiger charge is -2.14. The fourth-order valence-electron chi connectivity index (χ4n) is 4.60. The van der Waals surface area contributed by atoms with Crippen LogP contribution in [0.25, 0.3) is 27.5 Å². The standard InChI is InChI=1S/C28H25ClN3O4P/c1-15-10-19(11-16(2)17(15)3)30-24(33)13-18-6-4-7-20(12-18)32-22-9-5-8-21(29)25(22)27-26(28(32)34)23(14-35-37)36-31-27/h4-12H,13-14,37H2,1-3H3,(H,30,33). The number of hydrogen-bond donors (Lipinski definition) is 1. The van der Waals surface area contributed by atoms with Gasteiger partial charge in [-0.25, -0.2) is 0 Å². The Bertz CT molecular complexity index is 1720. The summed E-state index contributed by atoms with van der Waals surface area (Å²) in [7, 11) is 2.14. The van der Waals surface area contributed by atoms with E-state index < -0.39 is 0 Å². The zero-order valence-electron chi connectivity index (χ0n) is 20.6. The van der Waals surface area contributed by atoms with E-state index in [4.69, 9.17) is 20.6 Å². The van der Waals surface area contributed by atoms with E-state index in [0.29, 0.717) is 38.3 Å². The van der Waals surface area contributed by atoms with Crippen LogP contribution in [0.1, 0.15) is 28.0 Å². The third-order valence-electron chi connectivity index (χ3n) is 6.61. The highest BCUT2D eigenvalue weighted by Crippen LogP contribution is 2.32. The van der Waals surface area contributed by atoms with Crippen molar-refractivity contribution in [1.82, 2.24) is 9.72 Å². The van der Waals surface area contributed by atoms with Crippen molar-refractivity contribution in [2.24, 2.45) is 0 Å². The molecule has 1 N–H and O–H groups in total. The number of pyridine rings is 1. The molecule has 0 saturated carbocycles. The molecule has 9 heteroatoms. The van der Waals surface area contributed by atoms with Crippen LogP contribution in [-0.4, -0.2) is 15.6 Å². The average Bonchev–Trinajstić information content (AvgIpc) is 3.27. The molecule has 2 heterocycles. The summed E-state index contributed by atoms with van der Waals surface area (Å²) < 4.78 is 12.1. The molecule has 7 nitrogen and oxygen atoms in total. The van der Waals surface area contributed by atoms with E-state index in [1.165, 1.54) is 5.56 Å². The highest BCUT2D eigenvalue weighted by Gasteiger charge is 2.21. The van der Waals surface area contributed by atoms with Gasteiger partial charge in [-0.05, 0) is 79.4 Å². The number of amides is 1. The number of nitrogens with zero attached hydrogens (tertiary/aromatic N) is 2. The zero-order valence-corrected chi connectivity index (χ0v) is 22.5. The second-order valence-electron chi connectivity index (χ2n) is 9.04. The van der Waals surface area contributed by atoms with Crippen LogP contribution in [0.2, 0.25) is 5.02 Å². The second kappa shape index (κ2) is 10.1. The Hall–Kier alpha value is -3.51. The lowest BCUT2D eigenvalue weighted by atomic mass is 10.0. The Kier molecular flexibility index (Phi) is 6.86. The minimum absolute atomic E-state index is 0.0601. The molecule has 1 atom stereocenters. The van der Waals surface area contributed by atoms with Gasteiger partial charge in [0.15, 0.2) is 5.76 Å². The van der Waals surface area contributed by atoms with Crippen molar-refractivity contribution in [3.05, 3.63) is 98.0 Å². The number of fused-ring (bicyclic) bond motifs is 3. The Morgan fingerprint density at radius 3 is 2.54 bits per heavy atom. The van der Waals surface area contributed by atoms with Crippen molar-refractivity contribution in [1.29, 1.82) is 0 Å². The molecule has 2 aromatic heterocycles. The molecule has 5 rings (SSSR count). The first kappa shape index (κ1) is 25.2. The Balaban J connectivity index is 1.57. The van der Waals surface area contributed by atoms with E-state index in [9.17, 15) is 9.59 Å². The van der Waals surface area contributed by atoms with Gasteiger partial charge in [0.1, 0.15) is 17.5 Å². The molecule has 37 heavy (non-hydrogen) atoms. The van der Waals surface area contributed by atoms with Gasteiger partial charge in [0, 0.05) is 26.2 Å². The minimum Gasteiger partial charge on any atom is -0.358 e. The zero-order chi connectivity index (χ0) is 26.3. The topological polar surface area (TPSA) is 86.4 Å². The van der Waals surface area contributed by atoms with Gasteiger partial charge >= 0.3 is 0 Å². The number of benzene rings is 3. The van der Waals surface area contributed by atoms with Crippen molar-refractivity contribution in [2.45, 2.75) is 33.8 Å². The van der Waals surface area contributed by atoms with Crippen LogP contribution in [0, 0.1) is 20.8 Å². The number of hydrogen-bond acceptors (Lipinski definition) is 5. The summed E-state index contributed by atoms with van der Waals surface area (Å²) in [5.74, 6) is 0.166. The quantitative estimate of drug-likeness (QED) is 0.263. The van der Waals surface area contributed by atoms with Crippen molar-refractivity contribution in [3.8, 4) is 5.69 Å². The van der Waals surface area contributed by atoms with E-state index in [2.05, 4.69) is 26.9 Å². The lowest BCUT2D eigenvalue weighted by Crippen LogP contribution is -2.20. The Morgan fingerprint density at radius 2 is 1.81 bits per heavy atom. The summed E-state index contributed by atoms with van der Waals surface area (Å²) in [4.78, 5) is 26.6. The Morgan fingerprint density at radius 1 is 1.08 bits per heavy atom. The molecule has 0 fully saturated rings. The fourth-order valence-corrected chi connectivity index (χ4v) is 5.01. The fraction of sp³-hybridized carbons (Fsp3) is 0.179. The predicted molar refractivity (Wildman–Crippen MR) is 150 cm³/mol. The number of rotatable bonds is 6. The van der Waals surface area contributed by atoms with Crippen molar-refractivity contribution >= 4 is 54.5 Å². The molecule has 0 radical (unpaired) electrons. The molecular weight excluding hydrogens is 509 g/mol. The lowest BCUT2D eigenvalue weighted by molar-refractivity contribution is -0.115. The van der Waals surface area contributed by atoms with Crippen LogP contribution >= 0.6 is 21.1 Å². The van der Waals surface area contributed by atoms with Crippen molar-refractivity contribution in [3.63, 3.8) is 0 Å². The van der Waals surface area contributed by atoms with Gasteiger partial charge in [-0.2, -0.15) is 0 Å². The van der Waals surface area contributed by atoms with Gasteiger partial charge in [0.05, 0.1) is 17.0 Å². The van der Waals surface area contributed by atoms with E-state index in [0.717, 1.165) is 22.4 Å². The number of carbonyl (C=O) groups excluding carboxylic acids is 1. The molecule has 0 spiro atoms. The maximum Gasteiger partial charge on any atom is 0.268 e. The molecular formula is C28H25ClN3O4P. The predicted octanol–water partition coefficient (Wildman–Crippen LogP) is 6.20. The third-order valence-corrected chi connectivity index (χ3v) is 7.09. The average molecular weight is 534 g/mol. The summed E-state index contributed by atoms with van der Waals surface area (Å²) in [5.41, 5.74) is 6.25. The van der Waals surface area contributed by atoms with Crippen LogP contribution in [0.5, 0.6) is 0 Å². The Labute approximate surface area is 220 Å². The first-order valence-electron chi connectivity index (χ1n) is 11.7. The smallest absolute Gasteiger partial charge is 0.268 e. The SMILES string of the molecule is Cc1cc(NC(=O)Cc2cccc(-n3c(=O)c4c(COP)onc4c4c(Cl)cccc43)c2)cc(C)c1C. The molecule has 188 valence electrons. The first-order chi connectivity index (χ1) is 17.8. The summed E-state index contributed by atoms with van der Waals surface area (Å²) in [6, 6.07) is 16.6. The van der Waals surface area contributed by atoms with Gasteiger partial charge in [0.2, 0.25) is 5.91 Å². The molecule has 5 aromatic rings.